The smallest absolute Gasteiger partial charge is 0.330 e. The zero-order valence-corrected chi connectivity index (χ0v) is 8.47. The number of nitrogens with one attached hydrogen (secondary N) is 1. The Bertz CT molecular complexity index is 263. The van der Waals surface area contributed by atoms with E-state index in [1.165, 1.54) is 6.92 Å². The first-order valence-corrected chi connectivity index (χ1v) is 4.30. The molecule has 0 radical (unpaired) electrons. The molecule has 6 heteroatoms. The molecule has 0 fully saturated rings. The molecule has 0 saturated heterocycles. The zero-order valence-electron chi connectivity index (χ0n) is 8.47. The molecule has 1 unspecified atom stereocenters. The first kappa shape index (κ1) is 13.3. The summed E-state index contributed by atoms with van der Waals surface area (Å²) in [6.45, 7) is 4.73. The Morgan fingerprint density at radius 3 is 2.80 bits per heavy atom. The number of hydrogen-bond donors (Lipinski definition) is 2. The van der Waals surface area contributed by atoms with Crippen LogP contribution in [0.2, 0.25) is 0 Å². The van der Waals surface area contributed by atoms with Crippen molar-refractivity contribution in [2.45, 2.75) is 19.4 Å². The Balaban J connectivity index is 4.17. The summed E-state index contributed by atoms with van der Waals surface area (Å²) in [5.41, 5.74) is 1.71. The zero-order chi connectivity index (χ0) is 11.7. The van der Waals surface area contributed by atoms with Crippen LogP contribution in [0.15, 0.2) is 17.6 Å². The maximum Gasteiger partial charge on any atom is 0.330 e. The minimum Gasteiger partial charge on any atom is -0.457 e. The molecule has 0 rings (SSSR count). The van der Waals surface area contributed by atoms with E-state index >= 15 is 0 Å². The molecule has 84 valence electrons. The molecule has 0 aliphatic rings. The second-order valence-electron chi connectivity index (χ2n) is 2.79. The molecule has 0 saturated carbocycles. The van der Waals surface area contributed by atoms with Gasteiger partial charge in [0, 0.05) is 12.5 Å². The van der Waals surface area contributed by atoms with Gasteiger partial charge in [0.25, 0.3) is 0 Å². The Morgan fingerprint density at radius 1 is 1.67 bits per heavy atom. The summed E-state index contributed by atoms with van der Waals surface area (Å²) in [7, 11) is 0. The number of aliphatic imine (C=N–C) groups is 1. The van der Waals surface area contributed by atoms with Crippen LogP contribution in [0.3, 0.4) is 0 Å². The fraction of sp³-hybridized carbons (Fsp3) is 0.444. The van der Waals surface area contributed by atoms with Gasteiger partial charge < -0.3 is 4.74 Å². The van der Waals surface area contributed by atoms with Crippen LogP contribution >= 0.6 is 0 Å². The molecule has 1 atom stereocenters. The lowest BCUT2D eigenvalue weighted by Crippen LogP contribution is -2.23. The molecule has 0 aliphatic carbocycles. The lowest BCUT2D eigenvalue weighted by Gasteiger charge is -2.12. The third-order valence-electron chi connectivity index (χ3n) is 1.42. The quantitative estimate of drug-likeness (QED) is 0.206. The van der Waals surface area contributed by atoms with Gasteiger partial charge in [-0.2, -0.15) is 0 Å². The lowest BCUT2D eigenvalue weighted by atomic mass is 10.2. The number of hydroxylamine groups is 1. The van der Waals surface area contributed by atoms with Crippen molar-refractivity contribution in [2.75, 3.05) is 6.54 Å². The summed E-state index contributed by atoms with van der Waals surface area (Å²) >= 11 is 0. The van der Waals surface area contributed by atoms with Crippen molar-refractivity contribution in [3.05, 3.63) is 12.7 Å². The van der Waals surface area contributed by atoms with Gasteiger partial charge in [-0.25, -0.2) is 4.79 Å². The van der Waals surface area contributed by atoms with Crippen LogP contribution in [0.1, 0.15) is 13.3 Å². The molecule has 6 nitrogen and oxygen atoms in total. The van der Waals surface area contributed by atoms with E-state index in [-0.39, 0.29) is 18.7 Å². The number of hydrogen-bond acceptors (Lipinski definition) is 5. The van der Waals surface area contributed by atoms with Crippen LogP contribution in [0.4, 0.5) is 0 Å². The van der Waals surface area contributed by atoms with E-state index < -0.39 is 12.1 Å². The highest BCUT2D eigenvalue weighted by atomic mass is 16.5. The number of carbonyl (C=O) groups excluding carboxylic acids is 2. The summed E-state index contributed by atoms with van der Waals surface area (Å²) in [5.74, 6) is -0.711. The highest BCUT2D eigenvalue weighted by Crippen LogP contribution is 2.01. The average Bonchev–Trinajstić information content (AvgIpc) is 2.17. The summed E-state index contributed by atoms with van der Waals surface area (Å²) in [4.78, 5) is 25.4. The Kier molecular flexibility index (Phi) is 6.82. The number of nitrogens with zero attached hydrogens (tertiary/aromatic N) is 1. The average molecular weight is 214 g/mol. The van der Waals surface area contributed by atoms with E-state index in [0.29, 0.717) is 0 Å². The van der Waals surface area contributed by atoms with E-state index in [1.807, 2.05) is 0 Å². The monoisotopic (exact) mass is 214 g/mol. The van der Waals surface area contributed by atoms with Crippen LogP contribution in [-0.2, 0) is 14.3 Å². The van der Waals surface area contributed by atoms with E-state index in [2.05, 4.69) is 11.6 Å². The topological polar surface area (TPSA) is 88.0 Å². The van der Waals surface area contributed by atoms with E-state index in [4.69, 9.17) is 9.94 Å². The van der Waals surface area contributed by atoms with Crippen molar-refractivity contribution in [1.29, 1.82) is 0 Å². The second-order valence-corrected chi connectivity index (χ2v) is 2.79. The van der Waals surface area contributed by atoms with Crippen molar-refractivity contribution in [3.8, 4) is 0 Å². The predicted molar refractivity (Wildman–Crippen MR) is 53.7 cm³/mol. The van der Waals surface area contributed by atoms with Crippen molar-refractivity contribution >= 4 is 18.1 Å². The van der Waals surface area contributed by atoms with Gasteiger partial charge in [-0.1, -0.05) is 6.58 Å². The molecule has 0 aliphatic heterocycles. The fourth-order valence-electron chi connectivity index (χ4n) is 0.888. The van der Waals surface area contributed by atoms with Gasteiger partial charge in [-0.3, -0.25) is 20.5 Å². The largest absolute Gasteiger partial charge is 0.457 e. The Morgan fingerprint density at radius 2 is 2.33 bits per heavy atom. The van der Waals surface area contributed by atoms with Gasteiger partial charge in [0.05, 0.1) is 6.54 Å². The highest BCUT2D eigenvalue weighted by Gasteiger charge is 2.14. The van der Waals surface area contributed by atoms with Crippen LogP contribution in [0.5, 0.6) is 0 Å². The number of rotatable bonds is 7. The number of carbonyl (C=O) groups is 2. The molecule has 2 N–H and O–H groups in total. The van der Waals surface area contributed by atoms with Crippen LogP contribution in [0, 0.1) is 0 Å². The van der Waals surface area contributed by atoms with E-state index in [1.54, 1.807) is 5.48 Å². The molecule has 0 aromatic rings. The predicted octanol–water partition coefficient (Wildman–Crippen LogP) is 0.0704. The normalized spacial score (nSPS) is 12.1. The number of ether oxygens (including phenoxy) is 1. The number of esters is 1. The van der Waals surface area contributed by atoms with Crippen LogP contribution in [-0.4, -0.2) is 35.9 Å². The third kappa shape index (κ3) is 7.39. The van der Waals surface area contributed by atoms with Gasteiger partial charge in [0.2, 0.25) is 0 Å². The first-order chi connectivity index (χ1) is 7.10. The molecule has 15 heavy (non-hydrogen) atoms. The molecule has 0 aromatic carbocycles. The minimum absolute atomic E-state index is 0.0857. The summed E-state index contributed by atoms with van der Waals surface area (Å²) in [6.07, 6.45) is 1.51. The standard InChI is InChI=1S/C9H14N2O4/c1-3-9(13)15-8(4-7(2)12)5-10-6-11-14/h3,6,8,14H,1,4-5H2,2H3,(H,10,11). The SMILES string of the molecule is C=CC(=O)OC(CN=CNO)CC(C)=O. The fourth-order valence-corrected chi connectivity index (χ4v) is 0.888. The summed E-state index contributed by atoms with van der Waals surface area (Å²) < 4.78 is 4.86. The van der Waals surface area contributed by atoms with Gasteiger partial charge >= 0.3 is 5.97 Å². The Labute approximate surface area is 87.6 Å². The van der Waals surface area contributed by atoms with Crippen molar-refractivity contribution in [1.82, 2.24) is 5.48 Å². The molecule has 0 amide bonds. The number of Topliss-reactive ketones (excluding diaryl/α,β-unsaturated/α-hetero) is 1. The lowest BCUT2D eigenvalue weighted by molar-refractivity contribution is -0.143. The highest BCUT2D eigenvalue weighted by molar-refractivity contribution is 5.82. The van der Waals surface area contributed by atoms with Crippen molar-refractivity contribution in [3.63, 3.8) is 0 Å². The molecule has 0 aromatic heterocycles. The van der Waals surface area contributed by atoms with Crippen molar-refractivity contribution in [2.24, 2.45) is 4.99 Å². The van der Waals surface area contributed by atoms with Crippen LogP contribution in [0.25, 0.3) is 0 Å². The molecule has 0 bridgehead atoms. The minimum atomic E-state index is -0.627. The van der Waals surface area contributed by atoms with Gasteiger partial charge in [0.15, 0.2) is 0 Å². The van der Waals surface area contributed by atoms with Gasteiger partial charge in [-0.15, -0.1) is 0 Å². The molecule has 0 spiro atoms. The van der Waals surface area contributed by atoms with Gasteiger partial charge in [-0.05, 0) is 6.92 Å². The maximum atomic E-state index is 10.9. The maximum absolute atomic E-state index is 10.9. The first-order valence-electron chi connectivity index (χ1n) is 4.30. The van der Waals surface area contributed by atoms with Crippen LogP contribution < -0.4 is 5.48 Å². The summed E-state index contributed by atoms with van der Waals surface area (Å²) in [6, 6.07) is 0. The molecular formula is C9H14N2O4. The Hall–Kier alpha value is -1.69. The van der Waals surface area contributed by atoms with E-state index in [0.717, 1.165) is 12.4 Å². The number of ketones is 1. The molecule has 0 heterocycles. The molecular weight excluding hydrogens is 200 g/mol. The summed E-state index contributed by atoms with van der Waals surface area (Å²) in [5, 5.41) is 8.20. The van der Waals surface area contributed by atoms with Gasteiger partial charge in [0.1, 0.15) is 18.2 Å². The van der Waals surface area contributed by atoms with E-state index in [9.17, 15) is 9.59 Å². The van der Waals surface area contributed by atoms with Crippen molar-refractivity contribution < 1.29 is 19.5 Å². The third-order valence-corrected chi connectivity index (χ3v) is 1.42. The second kappa shape index (κ2) is 7.69.